The third kappa shape index (κ3) is 3.54. The monoisotopic (exact) mass is 399 g/mol. The third-order valence-corrected chi connectivity index (χ3v) is 4.98. The Kier molecular flexibility index (Phi) is 4.70. The van der Waals surface area contributed by atoms with Crippen molar-refractivity contribution in [3.8, 4) is 10.6 Å². The van der Waals surface area contributed by atoms with E-state index in [-0.39, 0.29) is 24.5 Å². The summed E-state index contributed by atoms with van der Waals surface area (Å²) in [4.78, 5) is 33.0. The van der Waals surface area contributed by atoms with Gasteiger partial charge in [-0.25, -0.2) is 14.4 Å². The molecule has 0 bridgehead atoms. The lowest BCUT2D eigenvalue weighted by atomic mass is 10.2. The van der Waals surface area contributed by atoms with E-state index in [9.17, 15) is 14.0 Å². The number of halogens is 1. The highest BCUT2D eigenvalue weighted by atomic mass is 32.1. The number of benzene rings is 1. The summed E-state index contributed by atoms with van der Waals surface area (Å²) in [7, 11) is 1.68. The molecule has 28 heavy (non-hydrogen) atoms. The van der Waals surface area contributed by atoms with Crippen molar-refractivity contribution in [1.29, 1.82) is 0 Å². The molecule has 0 amide bonds. The Labute approximate surface area is 161 Å². The van der Waals surface area contributed by atoms with Gasteiger partial charge in [0.15, 0.2) is 5.65 Å². The summed E-state index contributed by atoms with van der Waals surface area (Å²) in [6.07, 6.45) is 2.71. The van der Waals surface area contributed by atoms with E-state index in [1.54, 1.807) is 24.6 Å². The molecule has 0 saturated carbocycles. The molecule has 8 nitrogen and oxygen atoms in total. The van der Waals surface area contributed by atoms with Crippen LogP contribution in [0.3, 0.4) is 0 Å². The fraction of sp³-hybridized carbons (Fsp3) is 0.167. The molecule has 4 rings (SSSR count). The van der Waals surface area contributed by atoms with Crippen molar-refractivity contribution in [3.05, 3.63) is 64.0 Å². The van der Waals surface area contributed by atoms with Crippen LogP contribution in [0.4, 0.5) is 4.39 Å². The van der Waals surface area contributed by atoms with Gasteiger partial charge in [0.05, 0.1) is 11.9 Å². The van der Waals surface area contributed by atoms with E-state index in [2.05, 4.69) is 15.1 Å². The van der Waals surface area contributed by atoms with Crippen LogP contribution in [0.25, 0.3) is 21.6 Å². The van der Waals surface area contributed by atoms with Gasteiger partial charge in [0, 0.05) is 18.0 Å². The predicted octanol–water partition coefficient (Wildman–Crippen LogP) is 2.14. The van der Waals surface area contributed by atoms with Gasteiger partial charge >= 0.3 is 5.97 Å². The van der Waals surface area contributed by atoms with Gasteiger partial charge in [-0.05, 0) is 24.3 Å². The molecule has 0 aliphatic rings. The zero-order valence-corrected chi connectivity index (χ0v) is 15.5. The van der Waals surface area contributed by atoms with Crippen molar-refractivity contribution < 1.29 is 13.9 Å². The zero-order chi connectivity index (χ0) is 19.7. The highest BCUT2D eigenvalue weighted by Gasteiger charge is 2.13. The van der Waals surface area contributed by atoms with E-state index in [1.807, 2.05) is 0 Å². The molecule has 0 unspecified atom stereocenters. The molecule has 0 N–H and O–H groups in total. The molecule has 0 fully saturated rings. The third-order valence-electron chi connectivity index (χ3n) is 4.04. The smallest absolute Gasteiger partial charge is 0.326 e. The molecule has 3 aromatic heterocycles. The summed E-state index contributed by atoms with van der Waals surface area (Å²) in [5.74, 6) is -0.896. The van der Waals surface area contributed by atoms with E-state index in [4.69, 9.17) is 4.74 Å². The van der Waals surface area contributed by atoms with Crippen LogP contribution in [0.15, 0.2) is 47.0 Å². The Bertz CT molecular complexity index is 1210. The highest BCUT2D eigenvalue weighted by molar-refractivity contribution is 7.13. The average Bonchev–Trinajstić information content (AvgIpc) is 3.30. The number of nitrogens with zero attached hydrogens (tertiary/aromatic N) is 5. The van der Waals surface area contributed by atoms with Crippen LogP contribution >= 0.6 is 11.3 Å². The lowest BCUT2D eigenvalue weighted by molar-refractivity contribution is -0.145. The maximum Gasteiger partial charge on any atom is 0.326 e. The summed E-state index contributed by atoms with van der Waals surface area (Å²) in [5, 5.41) is 6.78. The van der Waals surface area contributed by atoms with Crippen molar-refractivity contribution in [3.63, 3.8) is 0 Å². The minimum atomic E-state index is -0.580. The van der Waals surface area contributed by atoms with E-state index in [0.29, 0.717) is 21.7 Å². The predicted molar refractivity (Wildman–Crippen MR) is 100 cm³/mol. The minimum absolute atomic E-state index is 0.0200. The second kappa shape index (κ2) is 7.31. The first-order valence-corrected chi connectivity index (χ1v) is 9.12. The molecule has 3 heterocycles. The maximum absolute atomic E-state index is 13.0. The number of esters is 1. The molecule has 0 atom stereocenters. The van der Waals surface area contributed by atoms with Crippen LogP contribution in [0, 0.1) is 5.82 Å². The summed E-state index contributed by atoms with van der Waals surface area (Å²) >= 11 is 1.37. The molecule has 0 spiro atoms. The Morgan fingerprint density at radius 1 is 1.29 bits per heavy atom. The fourth-order valence-electron chi connectivity index (χ4n) is 2.62. The lowest BCUT2D eigenvalue weighted by Crippen LogP contribution is -2.25. The Hall–Kier alpha value is -3.40. The molecule has 1 aromatic carbocycles. The molecule has 10 heteroatoms. The van der Waals surface area contributed by atoms with Crippen LogP contribution in [-0.4, -0.2) is 30.3 Å². The number of hydrogen-bond donors (Lipinski definition) is 0. The van der Waals surface area contributed by atoms with Crippen LogP contribution in [0.5, 0.6) is 0 Å². The molecule has 0 saturated heterocycles. The van der Waals surface area contributed by atoms with Gasteiger partial charge < -0.3 is 4.74 Å². The quantitative estimate of drug-likeness (QED) is 0.478. The van der Waals surface area contributed by atoms with E-state index < -0.39 is 5.97 Å². The largest absolute Gasteiger partial charge is 0.458 e. The van der Waals surface area contributed by atoms with Crippen molar-refractivity contribution in [2.45, 2.75) is 13.2 Å². The summed E-state index contributed by atoms with van der Waals surface area (Å²) in [6.45, 7) is -0.278. The standard InChI is InChI=1S/C18H14FN5O3S/c1-23-16-14(6-21-23)18(26)24(10-20-16)7-15(25)27-8-13-9-28-17(22-13)11-2-4-12(19)5-3-11/h2-6,9-10H,7-8H2,1H3. The number of ether oxygens (including phenoxy) is 1. The van der Waals surface area contributed by atoms with Crippen LogP contribution in [0.2, 0.25) is 0 Å². The Morgan fingerprint density at radius 2 is 2.07 bits per heavy atom. The summed E-state index contributed by atoms with van der Waals surface area (Å²) < 4.78 is 20.9. The van der Waals surface area contributed by atoms with Crippen molar-refractivity contribution in [1.82, 2.24) is 24.3 Å². The number of hydrogen-bond acceptors (Lipinski definition) is 7. The summed E-state index contributed by atoms with van der Waals surface area (Å²) in [5.41, 5.74) is 1.45. The molecular weight excluding hydrogens is 385 g/mol. The van der Waals surface area contributed by atoms with E-state index in [0.717, 1.165) is 5.56 Å². The molecule has 0 aliphatic carbocycles. The fourth-order valence-corrected chi connectivity index (χ4v) is 3.43. The molecule has 0 aliphatic heterocycles. The van der Waals surface area contributed by atoms with Gasteiger partial charge in [0.1, 0.15) is 35.7 Å². The molecule has 4 aromatic rings. The first kappa shape index (κ1) is 18.0. The van der Waals surface area contributed by atoms with Gasteiger partial charge in [0.2, 0.25) is 0 Å². The number of fused-ring (bicyclic) bond motifs is 1. The van der Waals surface area contributed by atoms with Crippen molar-refractivity contribution in [2.24, 2.45) is 7.05 Å². The zero-order valence-electron chi connectivity index (χ0n) is 14.7. The van der Waals surface area contributed by atoms with Crippen molar-refractivity contribution in [2.75, 3.05) is 0 Å². The lowest BCUT2D eigenvalue weighted by Gasteiger charge is -2.05. The maximum atomic E-state index is 13.0. The number of carbonyl (C=O) groups excluding carboxylic acids is 1. The van der Waals surface area contributed by atoms with Crippen LogP contribution in [0.1, 0.15) is 5.69 Å². The van der Waals surface area contributed by atoms with Crippen LogP contribution < -0.4 is 5.56 Å². The van der Waals surface area contributed by atoms with Crippen LogP contribution in [-0.2, 0) is 29.7 Å². The Balaban J connectivity index is 1.40. The van der Waals surface area contributed by atoms with Gasteiger partial charge in [-0.15, -0.1) is 11.3 Å². The van der Waals surface area contributed by atoms with E-state index >= 15 is 0 Å². The van der Waals surface area contributed by atoms with Gasteiger partial charge in [-0.1, -0.05) is 0 Å². The Morgan fingerprint density at radius 3 is 2.86 bits per heavy atom. The molecular formula is C18H14FN5O3S. The number of rotatable bonds is 5. The minimum Gasteiger partial charge on any atom is -0.458 e. The normalized spacial score (nSPS) is 11.1. The average molecular weight is 399 g/mol. The SMILES string of the molecule is Cn1ncc2c(=O)n(CC(=O)OCc3csc(-c4ccc(F)cc4)n3)cnc21. The topological polar surface area (TPSA) is 91.9 Å². The number of thiazole rings is 1. The van der Waals surface area contributed by atoms with Gasteiger partial charge in [0.25, 0.3) is 5.56 Å². The van der Waals surface area contributed by atoms with E-state index in [1.165, 1.54) is 45.2 Å². The van der Waals surface area contributed by atoms with Crippen molar-refractivity contribution >= 4 is 28.3 Å². The van der Waals surface area contributed by atoms with Gasteiger partial charge in [-0.3, -0.25) is 18.8 Å². The van der Waals surface area contributed by atoms with Gasteiger partial charge in [-0.2, -0.15) is 5.10 Å². The first-order chi connectivity index (χ1) is 13.5. The second-order valence-corrected chi connectivity index (χ2v) is 6.85. The summed E-state index contributed by atoms with van der Waals surface area (Å²) in [6, 6.07) is 6.00. The number of aryl methyl sites for hydroxylation is 1. The highest BCUT2D eigenvalue weighted by Crippen LogP contribution is 2.24. The second-order valence-electron chi connectivity index (χ2n) is 5.99. The molecule has 142 valence electrons. The number of aromatic nitrogens is 5. The first-order valence-electron chi connectivity index (χ1n) is 8.24. The molecule has 0 radical (unpaired) electrons. The number of carbonyl (C=O) groups is 1.